The molecule has 0 aromatic heterocycles. The summed E-state index contributed by atoms with van der Waals surface area (Å²) in [5, 5.41) is 0.712. The van der Waals surface area contributed by atoms with Crippen LogP contribution in [0.25, 0.3) is 0 Å². The molecule has 2 rings (SSSR count). The zero-order chi connectivity index (χ0) is 15.2. The Hall–Kier alpha value is -1.10. The van der Waals surface area contributed by atoms with E-state index in [1.165, 1.54) is 0 Å². The Labute approximate surface area is 131 Å². The van der Waals surface area contributed by atoms with Crippen LogP contribution in [0.15, 0.2) is 24.3 Å². The topological polar surface area (TPSA) is 32.8 Å². The highest BCUT2D eigenvalue weighted by Crippen LogP contribution is 2.23. The Morgan fingerprint density at radius 1 is 1.33 bits per heavy atom. The monoisotopic (exact) mass is 310 g/mol. The van der Waals surface area contributed by atoms with Crippen LogP contribution >= 0.6 is 11.6 Å². The third-order valence-electron chi connectivity index (χ3n) is 3.91. The van der Waals surface area contributed by atoms with Gasteiger partial charge in [-0.1, -0.05) is 37.6 Å². The maximum absolute atomic E-state index is 12.4. The van der Waals surface area contributed by atoms with Crippen molar-refractivity contribution in [2.75, 3.05) is 39.3 Å². The summed E-state index contributed by atoms with van der Waals surface area (Å²) in [6.45, 7) is 8.29. The SMILES string of the molecule is CCN(CC)CC(=O)N1CCOC(c2ccc(Cl)cc2)C1. The van der Waals surface area contributed by atoms with E-state index in [-0.39, 0.29) is 12.0 Å². The van der Waals surface area contributed by atoms with Crippen molar-refractivity contribution >= 4 is 17.5 Å². The number of ether oxygens (including phenoxy) is 1. The molecule has 1 aliphatic rings. The van der Waals surface area contributed by atoms with E-state index in [1.54, 1.807) is 0 Å². The largest absolute Gasteiger partial charge is 0.370 e. The van der Waals surface area contributed by atoms with Gasteiger partial charge in [0.2, 0.25) is 5.91 Å². The third kappa shape index (κ3) is 4.43. The molecule has 1 heterocycles. The van der Waals surface area contributed by atoms with Gasteiger partial charge in [-0.3, -0.25) is 9.69 Å². The minimum absolute atomic E-state index is 0.0586. The van der Waals surface area contributed by atoms with E-state index in [2.05, 4.69) is 18.7 Å². The van der Waals surface area contributed by atoms with E-state index < -0.39 is 0 Å². The molecule has 116 valence electrons. The molecule has 1 unspecified atom stereocenters. The van der Waals surface area contributed by atoms with Gasteiger partial charge in [-0.15, -0.1) is 0 Å². The number of amides is 1. The number of carbonyl (C=O) groups is 1. The highest BCUT2D eigenvalue weighted by atomic mass is 35.5. The average molecular weight is 311 g/mol. The summed E-state index contributed by atoms with van der Waals surface area (Å²) < 4.78 is 5.79. The van der Waals surface area contributed by atoms with Crippen molar-refractivity contribution in [3.8, 4) is 0 Å². The molecular formula is C16H23ClN2O2. The first-order valence-electron chi connectivity index (χ1n) is 7.51. The molecule has 5 heteroatoms. The molecule has 0 N–H and O–H groups in total. The van der Waals surface area contributed by atoms with Gasteiger partial charge in [0.15, 0.2) is 0 Å². The predicted molar refractivity (Wildman–Crippen MR) is 84.5 cm³/mol. The van der Waals surface area contributed by atoms with Crippen LogP contribution in [0.5, 0.6) is 0 Å². The van der Waals surface area contributed by atoms with Crippen molar-refractivity contribution in [3.63, 3.8) is 0 Å². The predicted octanol–water partition coefficient (Wildman–Crippen LogP) is 2.58. The van der Waals surface area contributed by atoms with E-state index in [4.69, 9.17) is 16.3 Å². The van der Waals surface area contributed by atoms with Crippen molar-refractivity contribution in [1.29, 1.82) is 0 Å². The normalized spacial score (nSPS) is 19.0. The molecule has 1 saturated heterocycles. The molecule has 1 atom stereocenters. The van der Waals surface area contributed by atoms with Crippen molar-refractivity contribution in [3.05, 3.63) is 34.9 Å². The number of benzene rings is 1. The summed E-state index contributed by atoms with van der Waals surface area (Å²) in [4.78, 5) is 16.4. The fraction of sp³-hybridized carbons (Fsp3) is 0.562. The molecule has 21 heavy (non-hydrogen) atoms. The van der Waals surface area contributed by atoms with E-state index in [9.17, 15) is 4.79 Å². The first kappa shape index (κ1) is 16.3. The number of rotatable bonds is 5. The summed E-state index contributed by atoms with van der Waals surface area (Å²) in [5.74, 6) is 0.181. The van der Waals surface area contributed by atoms with Crippen molar-refractivity contribution in [2.24, 2.45) is 0 Å². The fourth-order valence-electron chi connectivity index (χ4n) is 2.49. The molecule has 1 aromatic rings. The lowest BCUT2D eigenvalue weighted by atomic mass is 10.1. The maximum atomic E-state index is 12.4. The number of carbonyl (C=O) groups excluding carboxylic acids is 1. The molecule has 1 fully saturated rings. The van der Waals surface area contributed by atoms with E-state index in [1.807, 2.05) is 29.2 Å². The smallest absolute Gasteiger partial charge is 0.236 e. The van der Waals surface area contributed by atoms with Crippen molar-refractivity contribution in [1.82, 2.24) is 9.80 Å². The quantitative estimate of drug-likeness (QED) is 0.838. The van der Waals surface area contributed by atoms with Gasteiger partial charge in [-0.2, -0.15) is 0 Å². The van der Waals surface area contributed by atoms with Crippen molar-refractivity contribution < 1.29 is 9.53 Å². The molecule has 0 aliphatic carbocycles. The summed E-state index contributed by atoms with van der Waals surface area (Å²) in [7, 11) is 0. The standard InChI is InChI=1S/C16H23ClN2O2/c1-3-18(4-2)12-16(20)19-9-10-21-15(11-19)13-5-7-14(17)8-6-13/h5-8,15H,3-4,9-12H2,1-2H3. The lowest BCUT2D eigenvalue weighted by molar-refractivity contribution is -0.140. The van der Waals surface area contributed by atoms with Crippen LogP contribution in [0.2, 0.25) is 5.02 Å². The van der Waals surface area contributed by atoms with Gasteiger partial charge in [0, 0.05) is 11.6 Å². The molecule has 0 saturated carbocycles. The van der Waals surface area contributed by atoms with E-state index in [0.717, 1.165) is 18.7 Å². The number of hydrogen-bond donors (Lipinski definition) is 0. The average Bonchev–Trinajstić information content (AvgIpc) is 2.53. The second-order valence-corrected chi connectivity index (χ2v) is 5.65. The molecule has 1 amide bonds. The third-order valence-corrected chi connectivity index (χ3v) is 4.17. The number of nitrogens with zero attached hydrogens (tertiary/aromatic N) is 2. The highest BCUT2D eigenvalue weighted by Gasteiger charge is 2.25. The fourth-order valence-corrected chi connectivity index (χ4v) is 2.62. The van der Waals surface area contributed by atoms with Gasteiger partial charge in [0.25, 0.3) is 0 Å². The summed E-state index contributed by atoms with van der Waals surface area (Å²) in [6, 6.07) is 7.64. The Morgan fingerprint density at radius 3 is 2.62 bits per heavy atom. The van der Waals surface area contributed by atoms with Crippen LogP contribution in [0.3, 0.4) is 0 Å². The van der Waals surface area contributed by atoms with E-state index >= 15 is 0 Å². The van der Waals surface area contributed by atoms with Gasteiger partial charge >= 0.3 is 0 Å². The van der Waals surface area contributed by atoms with Gasteiger partial charge in [0.05, 0.1) is 19.7 Å². The number of likely N-dealkylation sites (N-methyl/N-ethyl adjacent to an activating group) is 1. The molecule has 0 bridgehead atoms. The number of morpholine rings is 1. The Bertz CT molecular complexity index is 460. The molecule has 0 radical (unpaired) electrons. The zero-order valence-corrected chi connectivity index (χ0v) is 13.5. The van der Waals surface area contributed by atoms with Crippen LogP contribution < -0.4 is 0 Å². The Morgan fingerprint density at radius 2 is 2.00 bits per heavy atom. The van der Waals surface area contributed by atoms with Gasteiger partial charge in [0.1, 0.15) is 6.10 Å². The molecular weight excluding hydrogens is 288 g/mol. The first-order valence-corrected chi connectivity index (χ1v) is 7.89. The van der Waals surface area contributed by atoms with E-state index in [0.29, 0.717) is 31.3 Å². The second kappa shape index (κ2) is 7.78. The lowest BCUT2D eigenvalue weighted by Gasteiger charge is -2.34. The summed E-state index contributed by atoms with van der Waals surface area (Å²) in [5.41, 5.74) is 1.07. The molecule has 0 spiro atoms. The second-order valence-electron chi connectivity index (χ2n) is 5.21. The van der Waals surface area contributed by atoms with Crippen LogP contribution in [-0.2, 0) is 9.53 Å². The maximum Gasteiger partial charge on any atom is 0.236 e. The first-order chi connectivity index (χ1) is 10.1. The highest BCUT2D eigenvalue weighted by molar-refractivity contribution is 6.30. The summed E-state index contributed by atoms with van der Waals surface area (Å²) in [6.07, 6.45) is -0.0586. The minimum Gasteiger partial charge on any atom is -0.370 e. The van der Waals surface area contributed by atoms with Crippen molar-refractivity contribution in [2.45, 2.75) is 20.0 Å². The zero-order valence-electron chi connectivity index (χ0n) is 12.7. The van der Waals surface area contributed by atoms with Crippen LogP contribution in [0.1, 0.15) is 25.5 Å². The molecule has 4 nitrogen and oxygen atoms in total. The van der Waals surface area contributed by atoms with Crippen LogP contribution in [0, 0.1) is 0 Å². The lowest BCUT2D eigenvalue weighted by Crippen LogP contribution is -2.46. The number of halogens is 1. The number of hydrogen-bond acceptors (Lipinski definition) is 3. The Kier molecular flexibility index (Phi) is 6.03. The van der Waals surface area contributed by atoms with Gasteiger partial charge in [-0.25, -0.2) is 0 Å². The molecule has 1 aliphatic heterocycles. The Balaban J connectivity index is 1.97. The molecule has 1 aromatic carbocycles. The van der Waals surface area contributed by atoms with Gasteiger partial charge < -0.3 is 9.64 Å². The van der Waals surface area contributed by atoms with Crippen LogP contribution in [0.4, 0.5) is 0 Å². The minimum atomic E-state index is -0.0586. The van der Waals surface area contributed by atoms with Crippen LogP contribution in [-0.4, -0.2) is 55.0 Å². The van der Waals surface area contributed by atoms with Gasteiger partial charge in [-0.05, 0) is 30.8 Å². The summed E-state index contributed by atoms with van der Waals surface area (Å²) >= 11 is 5.91.